The number of aliphatic imine (C=N–C) groups is 1. The number of hydrogen-bond acceptors (Lipinski definition) is 6. The maximum atomic E-state index is 12.6. The van der Waals surface area contributed by atoms with E-state index in [0.717, 1.165) is 16.7 Å². The van der Waals surface area contributed by atoms with Gasteiger partial charge in [0.1, 0.15) is 0 Å². The standard InChI is InChI=1S/C26H20INO5/c1-15-8-10-18(11-9-15)25(29)32-23-20(27)12-17(14-22(23)31-3)13-21-26(30)33-24(28-21)19-7-5-4-6-16(19)2/h4-14H,1-3H3/b21-13-. The molecule has 1 aliphatic rings. The van der Waals surface area contributed by atoms with Crippen molar-refractivity contribution in [1.29, 1.82) is 0 Å². The molecule has 1 heterocycles. The SMILES string of the molecule is COc1cc(/C=C2\N=C(c3ccccc3C)OC2=O)cc(I)c1OC(=O)c1ccc(C)cc1. The lowest BCUT2D eigenvalue weighted by Crippen LogP contribution is -2.10. The van der Waals surface area contributed by atoms with Crippen molar-refractivity contribution in [2.45, 2.75) is 13.8 Å². The number of carbonyl (C=O) groups excluding carboxylic acids is 2. The van der Waals surface area contributed by atoms with E-state index in [0.29, 0.717) is 26.2 Å². The summed E-state index contributed by atoms with van der Waals surface area (Å²) in [6.07, 6.45) is 1.61. The van der Waals surface area contributed by atoms with E-state index < -0.39 is 11.9 Å². The van der Waals surface area contributed by atoms with Crippen molar-refractivity contribution in [3.63, 3.8) is 0 Å². The number of ether oxygens (including phenoxy) is 3. The van der Waals surface area contributed by atoms with Crippen molar-refractivity contribution in [2.24, 2.45) is 4.99 Å². The summed E-state index contributed by atoms with van der Waals surface area (Å²) < 4.78 is 17.1. The second-order valence-electron chi connectivity index (χ2n) is 7.44. The molecule has 3 aromatic carbocycles. The Morgan fingerprint density at radius 2 is 1.79 bits per heavy atom. The molecule has 166 valence electrons. The second kappa shape index (κ2) is 9.58. The van der Waals surface area contributed by atoms with Crippen molar-refractivity contribution >= 4 is 46.5 Å². The van der Waals surface area contributed by atoms with Gasteiger partial charge < -0.3 is 14.2 Å². The fraction of sp³-hybridized carbons (Fsp3) is 0.115. The normalized spacial score (nSPS) is 14.1. The van der Waals surface area contributed by atoms with Crippen LogP contribution in [0.2, 0.25) is 0 Å². The molecule has 0 aromatic heterocycles. The molecule has 3 aromatic rings. The molecule has 0 fully saturated rings. The number of benzene rings is 3. The predicted molar refractivity (Wildman–Crippen MR) is 134 cm³/mol. The van der Waals surface area contributed by atoms with E-state index in [9.17, 15) is 9.59 Å². The lowest BCUT2D eigenvalue weighted by Gasteiger charge is -2.12. The van der Waals surface area contributed by atoms with Gasteiger partial charge in [0.05, 0.1) is 16.2 Å². The number of aryl methyl sites for hydroxylation is 2. The number of nitrogens with zero attached hydrogens (tertiary/aromatic N) is 1. The fourth-order valence-corrected chi connectivity index (χ4v) is 3.99. The van der Waals surface area contributed by atoms with Crippen molar-refractivity contribution in [2.75, 3.05) is 7.11 Å². The summed E-state index contributed by atoms with van der Waals surface area (Å²) in [6.45, 7) is 3.87. The predicted octanol–water partition coefficient (Wildman–Crippen LogP) is 5.48. The summed E-state index contributed by atoms with van der Waals surface area (Å²) >= 11 is 2.06. The van der Waals surface area contributed by atoms with E-state index in [-0.39, 0.29) is 11.6 Å². The molecule has 0 spiro atoms. The van der Waals surface area contributed by atoms with Gasteiger partial charge in [-0.1, -0.05) is 35.9 Å². The maximum Gasteiger partial charge on any atom is 0.363 e. The lowest BCUT2D eigenvalue weighted by molar-refractivity contribution is -0.129. The minimum Gasteiger partial charge on any atom is -0.493 e. The number of carbonyl (C=O) groups is 2. The van der Waals surface area contributed by atoms with Gasteiger partial charge >= 0.3 is 11.9 Å². The van der Waals surface area contributed by atoms with Crippen molar-refractivity contribution in [3.8, 4) is 11.5 Å². The fourth-order valence-electron chi connectivity index (χ4n) is 3.26. The summed E-state index contributed by atoms with van der Waals surface area (Å²) in [6, 6.07) is 18.1. The molecule has 0 aliphatic carbocycles. The summed E-state index contributed by atoms with van der Waals surface area (Å²) in [5.74, 6) is -0.0662. The van der Waals surface area contributed by atoms with Gasteiger partial charge in [0, 0.05) is 5.56 Å². The van der Waals surface area contributed by atoms with Crippen LogP contribution in [0.1, 0.15) is 32.6 Å². The molecule has 0 saturated carbocycles. The smallest absolute Gasteiger partial charge is 0.363 e. The number of methoxy groups -OCH3 is 1. The highest BCUT2D eigenvalue weighted by Crippen LogP contribution is 2.35. The van der Waals surface area contributed by atoms with Crippen LogP contribution in [0.4, 0.5) is 0 Å². The zero-order chi connectivity index (χ0) is 23.5. The number of halogens is 1. The quantitative estimate of drug-likeness (QED) is 0.181. The van der Waals surface area contributed by atoms with Crippen LogP contribution in [0.25, 0.3) is 6.08 Å². The number of rotatable bonds is 5. The first-order valence-electron chi connectivity index (χ1n) is 10.1. The molecule has 4 rings (SSSR count). The van der Waals surface area contributed by atoms with Crippen molar-refractivity contribution < 1.29 is 23.8 Å². The van der Waals surface area contributed by atoms with Gasteiger partial charge in [-0.2, -0.15) is 0 Å². The van der Waals surface area contributed by atoms with Crippen LogP contribution in [0.3, 0.4) is 0 Å². The molecular weight excluding hydrogens is 533 g/mol. The van der Waals surface area contributed by atoms with Crippen LogP contribution in [-0.4, -0.2) is 24.9 Å². The first-order chi connectivity index (χ1) is 15.9. The Bertz CT molecular complexity index is 1310. The zero-order valence-corrected chi connectivity index (χ0v) is 20.4. The minimum absolute atomic E-state index is 0.176. The Balaban J connectivity index is 1.63. The Morgan fingerprint density at radius 1 is 1.06 bits per heavy atom. The summed E-state index contributed by atoms with van der Waals surface area (Å²) in [7, 11) is 1.49. The van der Waals surface area contributed by atoms with Crippen molar-refractivity contribution in [3.05, 3.63) is 97.7 Å². The van der Waals surface area contributed by atoms with E-state index in [2.05, 4.69) is 27.6 Å². The largest absolute Gasteiger partial charge is 0.493 e. The molecule has 6 nitrogen and oxygen atoms in total. The lowest BCUT2D eigenvalue weighted by atomic mass is 10.1. The average Bonchev–Trinajstić information content (AvgIpc) is 3.15. The first kappa shape index (κ1) is 22.7. The molecule has 0 bridgehead atoms. The first-order valence-corrected chi connectivity index (χ1v) is 11.2. The molecular formula is C26H20INO5. The topological polar surface area (TPSA) is 74.2 Å². The monoisotopic (exact) mass is 553 g/mol. The molecule has 0 atom stereocenters. The third-order valence-corrected chi connectivity index (χ3v) is 5.83. The maximum absolute atomic E-state index is 12.6. The molecule has 0 radical (unpaired) electrons. The van der Waals surface area contributed by atoms with Crippen molar-refractivity contribution in [1.82, 2.24) is 0 Å². The number of cyclic esters (lactones) is 1. The average molecular weight is 553 g/mol. The highest BCUT2D eigenvalue weighted by molar-refractivity contribution is 14.1. The van der Waals surface area contributed by atoms with Gasteiger partial charge in [-0.15, -0.1) is 0 Å². The third-order valence-electron chi connectivity index (χ3n) is 5.03. The van der Waals surface area contributed by atoms with Gasteiger partial charge in [0.15, 0.2) is 17.2 Å². The number of esters is 2. The van der Waals surface area contributed by atoms with Gasteiger partial charge in [-0.25, -0.2) is 14.6 Å². The van der Waals surface area contributed by atoms with Crippen LogP contribution < -0.4 is 9.47 Å². The van der Waals surface area contributed by atoms with E-state index in [1.165, 1.54) is 7.11 Å². The molecule has 0 N–H and O–H groups in total. The van der Waals surface area contributed by atoms with Gasteiger partial charge in [-0.3, -0.25) is 0 Å². The van der Waals surface area contributed by atoms with Crippen LogP contribution in [0.5, 0.6) is 11.5 Å². The molecule has 1 aliphatic heterocycles. The van der Waals surface area contributed by atoms with Crippen LogP contribution in [0, 0.1) is 17.4 Å². The van der Waals surface area contributed by atoms with Gasteiger partial charge in [0.2, 0.25) is 5.90 Å². The molecule has 0 unspecified atom stereocenters. The Labute approximate surface area is 205 Å². The third kappa shape index (κ3) is 4.98. The Morgan fingerprint density at radius 3 is 2.48 bits per heavy atom. The highest BCUT2D eigenvalue weighted by atomic mass is 127. The summed E-state index contributed by atoms with van der Waals surface area (Å²) in [4.78, 5) is 29.4. The highest BCUT2D eigenvalue weighted by Gasteiger charge is 2.25. The molecule has 0 amide bonds. The second-order valence-corrected chi connectivity index (χ2v) is 8.60. The summed E-state index contributed by atoms with van der Waals surface area (Å²) in [5.41, 5.74) is 4.05. The summed E-state index contributed by atoms with van der Waals surface area (Å²) in [5, 5.41) is 0. The minimum atomic E-state index is -0.530. The number of hydrogen-bond donors (Lipinski definition) is 0. The van der Waals surface area contributed by atoms with E-state index in [4.69, 9.17) is 14.2 Å². The molecule has 33 heavy (non-hydrogen) atoms. The Hall–Kier alpha value is -3.46. The van der Waals surface area contributed by atoms with Gasteiger partial charge in [-0.05, 0) is 84.0 Å². The van der Waals surface area contributed by atoms with Crippen LogP contribution in [-0.2, 0) is 9.53 Å². The Kier molecular flexibility index (Phi) is 6.60. The zero-order valence-electron chi connectivity index (χ0n) is 18.2. The van der Waals surface area contributed by atoms with Gasteiger partial charge in [0.25, 0.3) is 0 Å². The molecule has 7 heteroatoms. The van der Waals surface area contributed by atoms with Crippen LogP contribution in [0.15, 0.2) is 71.4 Å². The van der Waals surface area contributed by atoms with E-state index >= 15 is 0 Å². The van der Waals surface area contributed by atoms with E-state index in [1.807, 2.05) is 50.2 Å². The molecule has 0 saturated heterocycles. The van der Waals surface area contributed by atoms with Crippen LogP contribution >= 0.6 is 22.6 Å². The van der Waals surface area contributed by atoms with E-state index in [1.54, 1.807) is 30.3 Å².